The maximum atomic E-state index is 13.1. The molecule has 6 heteroatoms. The van der Waals surface area contributed by atoms with Crippen LogP contribution in [0.4, 0.5) is 0 Å². The van der Waals surface area contributed by atoms with Crippen molar-refractivity contribution in [2.75, 3.05) is 7.11 Å². The third-order valence-corrected chi connectivity index (χ3v) is 11.5. The standard InChI is InChI=1S/C33H42O5Si/c1-24(2)19-27-20-28(32(34)35-6)31(37-22-26-17-13-10-14-18-26)29(23-38-39(7,8)33(3,4)5)30(27)36-21-25-15-11-9-12-16-25/h9-20H,21-23H2,1-8H3. The molecule has 0 radical (unpaired) electrons. The molecule has 0 saturated carbocycles. The molecule has 3 rings (SSSR count). The molecule has 0 aliphatic carbocycles. The van der Waals surface area contributed by atoms with E-state index in [0.717, 1.165) is 22.3 Å². The first kappa shape index (κ1) is 30.2. The molecule has 5 nitrogen and oxygen atoms in total. The Hall–Kier alpha value is -3.35. The molecule has 0 aliphatic heterocycles. The molecule has 0 spiro atoms. The molecule has 39 heavy (non-hydrogen) atoms. The van der Waals surface area contributed by atoms with Crippen LogP contribution in [-0.2, 0) is 29.0 Å². The number of hydrogen-bond donors (Lipinski definition) is 0. The van der Waals surface area contributed by atoms with Crippen LogP contribution >= 0.6 is 0 Å². The van der Waals surface area contributed by atoms with Crippen molar-refractivity contribution in [1.82, 2.24) is 0 Å². The van der Waals surface area contributed by atoms with Crippen LogP contribution in [0.15, 0.2) is 72.3 Å². The van der Waals surface area contributed by atoms with Gasteiger partial charge in [0.05, 0.1) is 19.3 Å². The second-order valence-electron chi connectivity index (χ2n) is 11.5. The molecule has 0 fully saturated rings. The van der Waals surface area contributed by atoms with Crippen LogP contribution in [0, 0.1) is 0 Å². The van der Waals surface area contributed by atoms with Gasteiger partial charge < -0.3 is 18.6 Å². The number of rotatable bonds is 11. The van der Waals surface area contributed by atoms with Crippen molar-refractivity contribution in [2.45, 2.75) is 72.6 Å². The van der Waals surface area contributed by atoms with Crippen molar-refractivity contribution in [2.24, 2.45) is 0 Å². The van der Waals surface area contributed by atoms with Gasteiger partial charge in [-0.25, -0.2) is 4.79 Å². The van der Waals surface area contributed by atoms with E-state index in [2.05, 4.69) is 33.9 Å². The molecule has 3 aromatic carbocycles. The predicted octanol–water partition coefficient (Wildman–Crippen LogP) is 8.58. The highest BCUT2D eigenvalue weighted by molar-refractivity contribution is 6.74. The molecule has 0 bridgehead atoms. The summed E-state index contributed by atoms with van der Waals surface area (Å²) in [6.07, 6.45) is 2.02. The highest BCUT2D eigenvalue weighted by atomic mass is 28.4. The smallest absolute Gasteiger partial charge is 0.341 e. The summed E-state index contributed by atoms with van der Waals surface area (Å²) in [5, 5.41) is 0.00577. The summed E-state index contributed by atoms with van der Waals surface area (Å²) in [7, 11) is -0.768. The zero-order chi connectivity index (χ0) is 28.6. The van der Waals surface area contributed by atoms with Gasteiger partial charge in [0, 0.05) is 5.56 Å². The number of ether oxygens (including phenoxy) is 3. The Kier molecular flexibility index (Phi) is 10.2. The van der Waals surface area contributed by atoms with E-state index in [4.69, 9.17) is 18.6 Å². The van der Waals surface area contributed by atoms with Crippen LogP contribution in [-0.4, -0.2) is 21.4 Å². The molecule has 0 unspecified atom stereocenters. The maximum absolute atomic E-state index is 13.1. The van der Waals surface area contributed by atoms with Crippen molar-refractivity contribution >= 4 is 20.4 Å². The van der Waals surface area contributed by atoms with Crippen molar-refractivity contribution in [1.29, 1.82) is 0 Å². The monoisotopic (exact) mass is 546 g/mol. The predicted molar refractivity (Wildman–Crippen MR) is 161 cm³/mol. The lowest BCUT2D eigenvalue weighted by molar-refractivity contribution is 0.0594. The lowest BCUT2D eigenvalue weighted by atomic mass is 10.0. The van der Waals surface area contributed by atoms with Crippen LogP contribution < -0.4 is 9.47 Å². The van der Waals surface area contributed by atoms with Crippen LogP contribution in [0.25, 0.3) is 6.08 Å². The number of hydrogen-bond acceptors (Lipinski definition) is 5. The first-order chi connectivity index (χ1) is 18.4. The molecule has 0 aliphatic rings. The highest BCUT2D eigenvalue weighted by Crippen LogP contribution is 2.42. The van der Waals surface area contributed by atoms with Crippen LogP contribution in [0.2, 0.25) is 18.1 Å². The summed E-state index contributed by atoms with van der Waals surface area (Å²) in [6, 6.07) is 21.7. The SMILES string of the molecule is COC(=O)c1cc(C=C(C)C)c(OCc2ccccc2)c(CO[Si](C)(C)C(C)(C)C)c1OCc1ccccc1. The molecule has 0 saturated heterocycles. The van der Waals surface area contributed by atoms with Gasteiger partial charge in [-0.3, -0.25) is 0 Å². The molecule has 0 heterocycles. The van der Waals surface area contributed by atoms with E-state index < -0.39 is 14.3 Å². The number of carbonyl (C=O) groups is 1. The second kappa shape index (κ2) is 13.1. The summed E-state index contributed by atoms with van der Waals surface area (Å²) in [4.78, 5) is 13.1. The Labute approximate surface area is 234 Å². The third-order valence-electron chi connectivity index (χ3n) is 7.04. The van der Waals surface area contributed by atoms with Gasteiger partial charge >= 0.3 is 5.97 Å². The van der Waals surface area contributed by atoms with Crippen molar-refractivity contribution < 1.29 is 23.4 Å². The zero-order valence-electron chi connectivity index (χ0n) is 24.6. The summed E-state index contributed by atoms with van der Waals surface area (Å²) >= 11 is 0. The molecule has 0 N–H and O–H groups in total. The molecular weight excluding hydrogens is 504 g/mol. The minimum atomic E-state index is -2.15. The minimum Gasteiger partial charge on any atom is -0.488 e. The van der Waals surface area contributed by atoms with E-state index in [0.29, 0.717) is 29.2 Å². The van der Waals surface area contributed by atoms with E-state index >= 15 is 0 Å². The fourth-order valence-corrected chi connectivity index (χ4v) is 4.74. The van der Waals surface area contributed by atoms with Crippen molar-refractivity contribution in [3.8, 4) is 11.5 Å². The van der Waals surface area contributed by atoms with Gasteiger partial charge in [0.2, 0.25) is 0 Å². The largest absolute Gasteiger partial charge is 0.488 e. The van der Waals surface area contributed by atoms with Crippen molar-refractivity contribution in [3.63, 3.8) is 0 Å². The summed E-state index contributed by atoms with van der Waals surface area (Å²) < 4.78 is 24.8. The topological polar surface area (TPSA) is 54.0 Å². The quantitative estimate of drug-likeness (QED) is 0.178. The molecule has 0 aromatic heterocycles. The number of esters is 1. The fraction of sp³-hybridized carbons (Fsp3) is 0.364. The van der Waals surface area contributed by atoms with E-state index in [1.807, 2.05) is 80.6 Å². The number of methoxy groups -OCH3 is 1. The highest BCUT2D eigenvalue weighted by Gasteiger charge is 2.38. The normalized spacial score (nSPS) is 11.6. The minimum absolute atomic E-state index is 0.00577. The van der Waals surface area contributed by atoms with E-state index in [9.17, 15) is 4.79 Å². The van der Waals surface area contributed by atoms with Gasteiger partial charge in [-0.1, -0.05) is 93.1 Å². The Morgan fingerprint density at radius 3 is 1.79 bits per heavy atom. The Bertz CT molecular complexity index is 1270. The first-order valence-electron chi connectivity index (χ1n) is 13.3. The Balaban J connectivity index is 2.20. The van der Waals surface area contributed by atoms with Crippen LogP contribution in [0.1, 0.15) is 67.2 Å². The molecule has 208 valence electrons. The van der Waals surface area contributed by atoms with E-state index in [1.165, 1.54) is 7.11 Å². The molecular formula is C33H42O5Si. The average Bonchev–Trinajstić information content (AvgIpc) is 2.90. The van der Waals surface area contributed by atoms with Gasteiger partial charge in [0.15, 0.2) is 8.32 Å². The average molecular weight is 547 g/mol. The Morgan fingerprint density at radius 1 is 0.821 bits per heavy atom. The van der Waals surface area contributed by atoms with Crippen LogP contribution in [0.3, 0.4) is 0 Å². The van der Waals surface area contributed by atoms with Crippen LogP contribution in [0.5, 0.6) is 11.5 Å². The Morgan fingerprint density at radius 2 is 1.33 bits per heavy atom. The number of allylic oxidation sites excluding steroid dienone is 1. The molecule has 0 atom stereocenters. The third kappa shape index (κ3) is 8.07. The maximum Gasteiger partial charge on any atom is 0.341 e. The van der Waals surface area contributed by atoms with Crippen molar-refractivity contribution in [3.05, 3.63) is 100 Å². The second-order valence-corrected chi connectivity index (χ2v) is 16.3. The zero-order valence-corrected chi connectivity index (χ0v) is 25.6. The summed E-state index contributed by atoms with van der Waals surface area (Å²) in [6.45, 7) is 16.0. The number of benzene rings is 3. The lowest BCUT2D eigenvalue weighted by Crippen LogP contribution is -2.40. The van der Waals surface area contributed by atoms with Gasteiger partial charge in [-0.15, -0.1) is 0 Å². The first-order valence-corrected chi connectivity index (χ1v) is 16.2. The van der Waals surface area contributed by atoms with Gasteiger partial charge in [-0.05, 0) is 49.2 Å². The van der Waals surface area contributed by atoms with E-state index in [-0.39, 0.29) is 18.3 Å². The summed E-state index contributed by atoms with van der Waals surface area (Å²) in [5.74, 6) is 0.609. The molecule has 3 aromatic rings. The van der Waals surface area contributed by atoms with E-state index in [1.54, 1.807) is 6.07 Å². The van der Waals surface area contributed by atoms with Gasteiger partial charge in [0.1, 0.15) is 30.3 Å². The summed E-state index contributed by atoms with van der Waals surface area (Å²) in [5.41, 5.74) is 4.95. The lowest BCUT2D eigenvalue weighted by Gasteiger charge is -2.36. The molecule has 0 amide bonds. The van der Waals surface area contributed by atoms with Gasteiger partial charge in [0.25, 0.3) is 0 Å². The fourth-order valence-electron chi connectivity index (χ4n) is 3.80. The van der Waals surface area contributed by atoms with Gasteiger partial charge in [-0.2, -0.15) is 0 Å². The number of carbonyl (C=O) groups excluding carboxylic acids is 1.